The third-order valence-electron chi connectivity index (χ3n) is 6.19. The molecule has 0 fully saturated rings. The second kappa shape index (κ2) is 9.00. The molecule has 6 rings (SSSR count). The Morgan fingerprint density at radius 1 is 0.471 bits per heavy atom. The van der Waals surface area contributed by atoms with Gasteiger partial charge in [-0.3, -0.25) is 19.9 Å². The van der Waals surface area contributed by atoms with E-state index < -0.39 is 0 Å². The van der Waals surface area contributed by atoms with E-state index in [9.17, 15) is 0 Å². The van der Waals surface area contributed by atoms with Gasteiger partial charge in [-0.2, -0.15) is 0 Å². The average Bonchev–Trinajstić information content (AvgIpc) is 2.88. The summed E-state index contributed by atoms with van der Waals surface area (Å²) in [5.74, 6) is 0. The standard InChI is InChI=1S/C30H24N4/c1-3-10-25-17-31-28(15-23(25)8-1)20-34(19-27-14-13-22-7-5-6-12-30(22)33-27)21-29-16-24-9-2-4-11-26(24)18-32-29/h1-18H,19-21H2. The second-order valence-electron chi connectivity index (χ2n) is 8.69. The quantitative estimate of drug-likeness (QED) is 0.295. The molecule has 34 heavy (non-hydrogen) atoms. The van der Waals surface area contributed by atoms with Crippen LogP contribution >= 0.6 is 0 Å². The lowest BCUT2D eigenvalue weighted by Crippen LogP contribution is -2.24. The van der Waals surface area contributed by atoms with Crippen LogP contribution in [0.3, 0.4) is 0 Å². The molecule has 4 heteroatoms. The molecule has 0 unspecified atom stereocenters. The number of fused-ring (bicyclic) bond motifs is 3. The number of para-hydroxylation sites is 1. The van der Waals surface area contributed by atoms with Gasteiger partial charge in [-0.05, 0) is 35.0 Å². The number of hydrogen-bond donors (Lipinski definition) is 0. The topological polar surface area (TPSA) is 41.9 Å². The van der Waals surface area contributed by atoms with Crippen LogP contribution in [-0.4, -0.2) is 19.9 Å². The van der Waals surface area contributed by atoms with Gasteiger partial charge < -0.3 is 0 Å². The maximum absolute atomic E-state index is 4.92. The van der Waals surface area contributed by atoms with Crippen LogP contribution in [0.25, 0.3) is 32.4 Å². The van der Waals surface area contributed by atoms with Gasteiger partial charge in [0.15, 0.2) is 0 Å². The van der Waals surface area contributed by atoms with Crippen molar-refractivity contribution in [3.8, 4) is 0 Å². The first-order chi connectivity index (χ1) is 16.8. The molecule has 0 saturated carbocycles. The molecule has 164 valence electrons. The summed E-state index contributed by atoms with van der Waals surface area (Å²) in [6.07, 6.45) is 3.93. The lowest BCUT2D eigenvalue weighted by Gasteiger charge is -2.22. The van der Waals surface area contributed by atoms with Gasteiger partial charge in [-0.25, -0.2) is 0 Å². The Bertz CT molecular complexity index is 1420. The largest absolute Gasteiger partial charge is 0.286 e. The van der Waals surface area contributed by atoms with E-state index in [2.05, 4.69) is 77.7 Å². The highest BCUT2D eigenvalue weighted by molar-refractivity contribution is 5.82. The molecule has 3 heterocycles. The molecule has 3 aromatic carbocycles. The number of benzene rings is 3. The van der Waals surface area contributed by atoms with E-state index >= 15 is 0 Å². The van der Waals surface area contributed by atoms with E-state index in [1.54, 1.807) is 0 Å². The third-order valence-corrected chi connectivity index (χ3v) is 6.19. The fraction of sp³-hybridized carbons (Fsp3) is 0.100. The van der Waals surface area contributed by atoms with Gasteiger partial charge in [0.25, 0.3) is 0 Å². The molecule has 4 nitrogen and oxygen atoms in total. The summed E-state index contributed by atoms with van der Waals surface area (Å²) in [6, 6.07) is 33.6. The molecule has 0 aliphatic carbocycles. The van der Waals surface area contributed by atoms with E-state index in [4.69, 9.17) is 15.0 Å². The van der Waals surface area contributed by atoms with Crippen LogP contribution in [0.15, 0.2) is 109 Å². The monoisotopic (exact) mass is 440 g/mol. The Labute approximate surface area is 198 Å². The molecule has 0 saturated heterocycles. The Hall–Kier alpha value is -4.15. The molecule has 6 aromatic rings. The molecule has 0 spiro atoms. The summed E-state index contributed by atoms with van der Waals surface area (Å²) in [4.78, 5) is 16.8. The number of hydrogen-bond acceptors (Lipinski definition) is 4. The summed E-state index contributed by atoms with van der Waals surface area (Å²) in [5, 5.41) is 5.89. The van der Waals surface area contributed by atoms with E-state index in [0.29, 0.717) is 19.6 Å². The molecule has 0 aliphatic heterocycles. The minimum Gasteiger partial charge on any atom is -0.286 e. The number of rotatable bonds is 6. The third kappa shape index (κ3) is 4.36. The lowest BCUT2D eigenvalue weighted by atomic mass is 10.1. The van der Waals surface area contributed by atoms with Crippen LogP contribution in [0.5, 0.6) is 0 Å². The van der Waals surface area contributed by atoms with Crippen molar-refractivity contribution in [1.82, 2.24) is 19.9 Å². The van der Waals surface area contributed by atoms with Gasteiger partial charge in [0, 0.05) is 48.2 Å². The van der Waals surface area contributed by atoms with Crippen LogP contribution in [0.1, 0.15) is 17.1 Å². The smallest absolute Gasteiger partial charge is 0.0705 e. The Balaban J connectivity index is 1.33. The van der Waals surface area contributed by atoms with Crippen molar-refractivity contribution in [2.75, 3.05) is 0 Å². The van der Waals surface area contributed by atoms with Crippen LogP contribution in [-0.2, 0) is 19.6 Å². The van der Waals surface area contributed by atoms with Crippen LogP contribution in [0.4, 0.5) is 0 Å². The Morgan fingerprint density at radius 3 is 1.59 bits per heavy atom. The van der Waals surface area contributed by atoms with Crippen molar-refractivity contribution in [2.24, 2.45) is 0 Å². The zero-order chi connectivity index (χ0) is 22.7. The zero-order valence-electron chi connectivity index (χ0n) is 18.8. The summed E-state index contributed by atoms with van der Waals surface area (Å²) < 4.78 is 0. The van der Waals surface area contributed by atoms with E-state index in [-0.39, 0.29) is 0 Å². The molecule has 0 radical (unpaired) electrons. The van der Waals surface area contributed by atoms with Crippen LogP contribution < -0.4 is 0 Å². The van der Waals surface area contributed by atoms with Crippen molar-refractivity contribution in [3.05, 3.63) is 127 Å². The predicted molar refractivity (Wildman–Crippen MR) is 138 cm³/mol. The first kappa shape index (κ1) is 20.5. The molecule has 0 N–H and O–H groups in total. The Morgan fingerprint density at radius 2 is 0.971 bits per heavy atom. The van der Waals surface area contributed by atoms with E-state index in [0.717, 1.165) is 38.8 Å². The fourth-order valence-electron chi connectivity index (χ4n) is 4.48. The summed E-state index contributed by atoms with van der Waals surface area (Å²) in [6.45, 7) is 2.15. The maximum Gasteiger partial charge on any atom is 0.0705 e. The summed E-state index contributed by atoms with van der Waals surface area (Å²) >= 11 is 0. The highest BCUT2D eigenvalue weighted by Crippen LogP contribution is 2.20. The van der Waals surface area contributed by atoms with Gasteiger partial charge in [0.2, 0.25) is 0 Å². The minimum absolute atomic E-state index is 0.716. The average molecular weight is 441 g/mol. The molecule has 0 bridgehead atoms. The minimum atomic E-state index is 0.716. The summed E-state index contributed by atoms with van der Waals surface area (Å²) in [7, 11) is 0. The fourth-order valence-corrected chi connectivity index (χ4v) is 4.48. The molecule has 0 atom stereocenters. The first-order valence-corrected chi connectivity index (χ1v) is 11.5. The molecule has 3 aromatic heterocycles. The normalized spacial score (nSPS) is 11.6. The highest BCUT2D eigenvalue weighted by atomic mass is 15.1. The number of aromatic nitrogens is 3. The molecular formula is C30H24N4. The van der Waals surface area contributed by atoms with Crippen LogP contribution in [0, 0.1) is 0 Å². The Kier molecular flexibility index (Phi) is 5.42. The SMILES string of the molecule is c1ccc2cc(CN(Cc3cc4ccccc4cn3)Cc3ccc4ccccc4n3)ncc2c1. The molecule has 0 aliphatic rings. The van der Waals surface area contributed by atoms with Gasteiger partial charge >= 0.3 is 0 Å². The van der Waals surface area contributed by atoms with Crippen molar-refractivity contribution in [3.63, 3.8) is 0 Å². The lowest BCUT2D eigenvalue weighted by molar-refractivity contribution is 0.239. The van der Waals surface area contributed by atoms with Gasteiger partial charge in [-0.15, -0.1) is 0 Å². The first-order valence-electron chi connectivity index (χ1n) is 11.5. The number of pyridine rings is 3. The zero-order valence-corrected chi connectivity index (χ0v) is 18.8. The predicted octanol–water partition coefficient (Wildman–Crippen LogP) is 6.53. The van der Waals surface area contributed by atoms with Crippen molar-refractivity contribution in [1.29, 1.82) is 0 Å². The van der Waals surface area contributed by atoms with E-state index in [1.807, 2.05) is 36.7 Å². The van der Waals surface area contributed by atoms with E-state index in [1.165, 1.54) is 10.8 Å². The summed E-state index contributed by atoms with van der Waals surface area (Å²) in [5.41, 5.74) is 4.15. The van der Waals surface area contributed by atoms with Gasteiger partial charge in [0.1, 0.15) is 0 Å². The van der Waals surface area contributed by atoms with Crippen molar-refractivity contribution < 1.29 is 0 Å². The van der Waals surface area contributed by atoms with Crippen LogP contribution in [0.2, 0.25) is 0 Å². The molecule has 0 amide bonds. The number of nitrogens with zero attached hydrogens (tertiary/aromatic N) is 4. The maximum atomic E-state index is 4.92. The van der Waals surface area contributed by atoms with Gasteiger partial charge in [-0.1, -0.05) is 72.8 Å². The molecular weight excluding hydrogens is 416 g/mol. The van der Waals surface area contributed by atoms with Crippen molar-refractivity contribution >= 4 is 32.4 Å². The highest BCUT2D eigenvalue weighted by Gasteiger charge is 2.12. The van der Waals surface area contributed by atoms with Crippen molar-refractivity contribution in [2.45, 2.75) is 19.6 Å². The van der Waals surface area contributed by atoms with Gasteiger partial charge in [0.05, 0.1) is 22.6 Å². The second-order valence-corrected chi connectivity index (χ2v) is 8.69.